The van der Waals surface area contributed by atoms with Gasteiger partial charge in [-0.3, -0.25) is 0 Å². The Morgan fingerprint density at radius 2 is 1.93 bits per heavy atom. The quantitative estimate of drug-likeness (QED) is 0.579. The zero-order valence-corrected chi connectivity index (χ0v) is 16.2. The summed E-state index contributed by atoms with van der Waals surface area (Å²) >= 11 is 0. The third-order valence-electron chi connectivity index (χ3n) is 3.90. The van der Waals surface area contributed by atoms with Gasteiger partial charge in [-0.1, -0.05) is 12.1 Å². The lowest BCUT2D eigenvalue weighted by Crippen LogP contribution is -2.29. The van der Waals surface area contributed by atoms with E-state index in [1.54, 1.807) is 22.9 Å². The average molecular weight is 397 g/mol. The maximum Gasteiger partial charge on any atom is 0.241 e. The number of hydrogen-bond acceptors (Lipinski definition) is 7. The van der Waals surface area contributed by atoms with Crippen LogP contribution in [0.5, 0.6) is 0 Å². The van der Waals surface area contributed by atoms with Crippen LogP contribution in [-0.2, 0) is 10.0 Å². The number of nitrogens with zero attached hydrogens (tertiary/aromatic N) is 5. The van der Waals surface area contributed by atoms with E-state index in [-0.39, 0.29) is 17.0 Å². The zero-order chi connectivity index (χ0) is 20.1. The molecule has 0 amide bonds. The highest BCUT2D eigenvalue weighted by Crippen LogP contribution is 2.14. The van der Waals surface area contributed by atoms with E-state index in [4.69, 9.17) is 5.26 Å². The molecule has 2 N–H and O–H groups in total. The van der Waals surface area contributed by atoms with Gasteiger partial charge in [0.1, 0.15) is 18.2 Å². The van der Waals surface area contributed by atoms with Crippen LogP contribution in [0.3, 0.4) is 0 Å². The Morgan fingerprint density at radius 1 is 1.14 bits per heavy atom. The molecule has 0 saturated heterocycles. The molecule has 2 heterocycles. The molecule has 144 valence electrons. The van der Waals surface area contributed by atoms with Gasteiger partial charge in [0.25, 0.3) is 0 Å². The minimum atomic E-state index is -3.77. The molecular weight excluding hydrogens is 378 g/mol. The van der Waals surface area contributed by atoms with Crippen LogP contribution in [0.25, 0.3) is 5.82 Å². The molecule has 0 saturated carbocycles. The molecule has 2 aromatic heterocycles. The van der Waals surface area contributed by atoms with Crippen molar-refractivity contribution in [3.05, 3.63) is 59.7 Å². The van der Waals surface area contributed by atoms with Crippen LogP contribution >= 0.6 is 0 Å². The van der Waals surface area contributed by atoms with E-state index >= 15 is 0 Å². The summed E-state index contributed by atoms with van der Waals surface area (Å²) in [5.41, 5.74) is 1.94. The molecule has 3 rings (SSSR count). The lowest BCUT2D eigenvalue weighted by atomic mass is 10.2. The van der Waals surface area contributed by atoms with E-state index in [1.165, 1.54) is 18.5 Å². The standard InChI is InChI=1S/C18H19N7O2S/c1-13-9-14(2)25(24-13)18-10-17(21-12-22-18)20-7-8-23-28(26,27)16-6-4-3-5-15(16)11-19/h3-6,9-10,12,23H,7-8H2,1-2H3,(H,20,21,22). The Morgan fingerprint density at radius 3 is 2.64 bits per heavy atom. The molecule has 1 aromatic carbocycles. The first-order valence-corrected chi connectivity index (χ1v) is 9.97. The first kappa shape index (κ1) is 19.5. The van der Waals surface area contributed by atoms with Crippen LogP contribution in [0.15, 0.2) is 47.6 Å². The fraction of sp³-hybridized carbons (Fsp3) is 0.222. The van der Waals surface area contributed by atoms with Crippen molar-refractivity contribution in [2.75, 3.05) is 18.4 Å². The zero-order valence-electron chi connectivity index (χ0n) is 15.4. The Labute approximate surface area is 163 Å². The van der Waals surface area contributed by atoms with Gasteiger partial charge >= 0.3 is 0 Å². The fourth-order valence-corrected chi connectivity index (χ4v) is 3.85. The first-order valence-electron chi connectivity index (χ1n) is 8.49. The number of aryl methyl sites for hydroxylation is 2. The summed E-state index contributed by atoms with van der Waals surface area (Å²) in [6, 6.07) is 11.6. The summed E-state index contributed by atoms with van der Waals surface area (Å²) in [6.07, 6.45) is 1.42. The minimum Gasteiger partial charge on any atom is -0.369 e. The molecule has 10 heteroatoms. The average Bonchev–Trinajstić information content (AvgIpc) is 3.03. The van der Waals surface area contributed by atoms with E-state index in [2.05, 4.69) is 25.1 Å². The van der Waals surface area contributed by atoms with Gasteiger partial charge < -0.3 is 5.32 Å². The van der Waals surface area contributed by atoms with Gasteiger partial charge in [0.05, 0.1) is 16.2 Å². The molecule has 0 radical (unpaired) electrons. The molecule has 0 atom stereocenters. The third kappa shape index (κ3) is 4.33. The van der Waals surface area contributed by atoms with Crippen molar-refractivity contribution >= 4 is 15.8 Å². The SMILES string of the molecule is Cc1cc(C)n(-c2cc(NCCNS(=O)(=O)c3ccccc3C#N)ncn2)n1. The molecule has 9 nitrogen and oxygen atoms in total. The van der Waals surface area contributed by atoms with Gasteiger partial charge in [0, 0.05) is 24.8 Å². The molecule has 0 spiro atoms. The van der Waals surface area contributed by atoms with Gasteiger partial charge in [0.2, 0.25) is 10.0 Å². The highest BCUT2D eigenvalue weighted by molar-refractivity contribution is 7.89. The lowest BCUT2D eigenvalue weighted by molar-refractivity contribution is 0.582. The van der Waals surface area contributed by atoms with Crippen molar-refractivity contribution in [3.8, 4) is 11.9 Å². The summed E-state index contributed by atoms with van der Waals surface area (Å²) in [5.74, 6) is 1.17. The van der Waals surface area contributed by atoms with Crippen molar-refractivity contribution in [1.29, 1.82) is 5.26 Å². The molecule has 0 aliphatic rings. The van der Waals surface area contributed by atoms with Crippen LogP contribution < -0.4 is 10.0 Å². The molecule has 0 bridgehead atoms. The minimum absolute atomic E-state index is 0.0358. The number of anilines is 1. The van der Waals surface area contributed by atoms with Crippen molar-refractivity contribution in [2.45, 2.75) is 18.7 Å². The molecule has 28 heavy (non-hydrogen) atoms. The molecular formula is C18H19N7O2S. The van der Waals surface area contributed by atoms with Crippen molar-refractivity contribution < 1.29 is 8.42 Å². The normalized spacial score (nSPS) is 11.2. The van der Waals surface area contributed by atoms with Gasteiger partial charge in [-0.2, -0.15) is 10.4 Å². The number of nitriles is 1. The monoisotopic (exact) mass is 397 g/mol. The van der Waals surface area contributed by atoms with Gasteiger partial charge in [0.15, 0.2) is 5.82 Å². The maximum absolute atomic E-state index is 12.4. The molecule has 0 fully saturated rings. The molecule has 0 aliphatic heterocycles. The first-order chi connectivity index (χ1) is 13.4. The number of aromatic nitrogens is 4. The lowest BCUT2D eigenvalue weighted by Gasteiger charge is -2.10. The van der Waals surface area contributed by atoms with Crippen LogP contribution in [-0.4, -0.2) is 41.3 Å². The highest BCUT2D eigenvalue weighted by Gasteiger charge is 2.17. The third-order valence-corrected chi connectivity index (χ3v) is 5.42. The number of nitrogens with one attached hydrogen (secondary N) is 2. The Bertz CT molecular complexity index is 1130. The van der Waals surface area contributed by atoms with Crippen molar-refractivity contribution in [3.63, 3.8) is 0 Å². The summed E-state index contributed by atoms with van der Waals surface area (Å²) in [5, 5.41) is 16.5. The van der Waals surface area contributed by atoms with Gasteiger partial charge in [-0.15, -0.1) is 0 Å². The van der Waals surface area contributed by atoms with Gasteiger partial charge in [-0.25, -0.2) is 27.8 Å². The summed E-state index contributed by atoms with van der Waals surface area (Å²) in [7, 11) is -3.77. The number of hydrogen-bond donors (Lipinski definition) is 2. The van der Waals surface area contributed by atoms with Crippen LogP contribution in [0.1, 0.15) is 17.0 Å². The van der Waals surface area contributed by atoms with Crippen molar-refractivity contribution in [2.24, 2.45) is 0 Å². The Kier molecular flexibility index (Phi) is 5.67. The molecule has 3 aromatic rings. The summed E-state index contributed by atoms with van der Waals surface area (Å²) < 4.78 is 28.9. The van der Waals surface area contributed by atoms with E-state index in [0.717, 1.165) is 11.4 Å². The van der Waals surface area contributed by atoms with E-state index in [1.807, 2.05) is 26.0 Å². The van der Waals surface area contributed by atoms with Crippen LogP contribution in [0.2, 0.25) is 0 Å². The van der Waals surface area contributed by atoms with E-state index in [0.29, 0.717) is 18.2 Å². The van der Waals surface area contributed by atoms with Gasteiger partial charge in [-0.05, 0) is 32.0 Å². The molecule has 0 unspecified atom stereocenters. The predicted molar refractivity (Wildman–Crippen MR) is 103 cm³/mol. The summed E-state index contributed by atoms with van der Waals surface area (Å²) in [6.45, 7) is 4.27. The topological polar surface area (TPSA) is 126 Å². The number of benzene rings is 1. The number of sulfonamides is 1. The van der Waals surface area contributed by atoms with Crippen molar-refractivity contribution in [1.82, 2.24) is 24.5 Å². The fourth-order valence-electron chi connectivity index (χ4n) is 2.67. The van der Waals surface area contributed by atoms with E-state index < -0.39 is 10.0 Å². The Hall–Kier alpha value is -3.29. The largest absolute Gasteiger partial charge is 0.369 e. The Balaban J connectivity index is 1.62. The second kappa shape index (κ2) is 8.16. The molecule has 0 aliphatic carbocycles. The highest BCUT2D eigenvalue weighted by atomic mass is 32.2. The predicted octanol–water partition coefficient (Wildman–Crippen LogP) is 1.54. The van der Waals surface area contributed by atoms with Crippen LogP contribution in [0.4, 0.5) is 5.82 Å². The smallest absolute Gasteiger partial charge is 0.241 e. The van der Waals surface area contributed by atoms with Crippen LogP contribution in [0, 0.1) is 25.2 Å². The summed E-state index contributed by atoms with van der Waals surface area (Å²) in [4.78, 5) is 8.32. The van der Waals surface area contributed by atoms with E-state index in [9.17, 15) is 8.42 Å². The second-order valence-corrected chi connectivity index (χ2v) is 7.77. The second-order valence-electron chi connectivity index (χ2n) is 6.03. The maximum atomic E-state index is 12.4. The number of rotatable bonds is 7.